The normalized spacial score (nSPS) is 19.0. The van der Waals surface area contributed by atoms with Gasteiger partial charge in [-0.25, -0.2) is 0 Å². The number of nitrogens with zero attached hydrogens (tertiary/aromatic N) is 2. The number of aliphatic hydroxyl groups is 1. The van der Waals surface area contributed by atoms with E-state index in [0.717, 1.165) is 12.0 Å². The van der Waals surface area contributed by atoms with E-state index in [2.05, 4.69) is 0 Å². The SMILES string of the molecule is CCCC1(O)CN(S(=O)(=O)N(C)Cc2ccccc2)C1. The highest BCUT2D eigenvalue weighted by atomic mass is 32.2. The van der Waals surface area contributed by atoms with Gasteiger partial charge in [-0.05, 0) is 12.0 Å². The average molecular weight is 298 g/mol. The van der Waals surface area contributed by atoms with Gasteiger partial charge in [-0.3, -0.25) is 0 Å². The molecule has 5 nitrogen and oxygen atoms in total. The highest BCUT2D eigenvalue weighted by Crippen LogP contribution is 2.29. The number of rotatable bonds is 6. The van der Waals surface area contributed by atoms with Crippen molar-refractivity contribution in [2.24, 2.45) is 0 Å². The zero-order valence-corrected chi connectivity index (χ0v) is 12.8. The fraction of sp³-hybridized carbons (Fsp3) is 0.571. The van der Waals surface area contributed by atoms with Crippen LogP contribution in [-0.4, -0.2) is 47.9 Å². The van der Waals surface area contributed by atoms with Gasteiger partial charge in [0.15, 0.2) is 0 Å². The molecule has 1 saturated heterocycles. The third-order valence-electron chi connectivity index (χ3n) is 3.62. The molecule has 0 saturated carbocycles. The Morgan fingerprint density at radius 3 is 2.45 bits per heavy atom. The second-order valence-corrected chi connectivity index (χ2v) is 7.53. The zero-order valence-electron chi connectivity index (χ0n) is 12.0. The molecule has 1 fully saturated rings. The minimum absolute atomic E-state index is 0.197. The van der Waals surface area contributed by atoms with Crippen LogP contribution in [0.1, 0.15) is 25.3 Å². The zero-order chi connectivity index (χ0) is 14.8. The average Bonchev–Trinajstić information content (AvgIpc) is 2.37. The third kappa shape index (κ3) is 3.20. The lowest BCUT2D eigenvalue weighted by Crippen LogP contribution is -2.65. The summed E-state index contributed by atoms with van der Waals surface area (Å²) < 4.78 is 27.4. The maximum Gasteiger partial charge on any atom is 0.282 e. The molecular weight excluding hydrogens is 276 g/mol. The monoisotopic (exact) mass is 298 g/mol. The van der Waals surface area contributed by atoms with Gasteiger partial charge < -0.3 is 5.11 Å². The maximum atomic E-state index is 12.3. The van der Waals surface area contributed by atoms with Crippen molar-refractivity contribution in [2.75, 3.05) is 20.1 Å². The molecule has 0 unspecified atom stereocenters. The summed E-state index contributed by atoms with van der Waals surface area (Å²) in [5, 5.41) is 10.1. The molecule has 0 radical (unpaired) electrons. The molecule has 20 heavy (non-hydrogen) atoms. The Labute approximate surface area is 121 Å². The summed E-state index contributed by atoms with van der Waals surface area (Å²) in [4.78, 5) is 0. The molecule has 112 valence electrons. The molecule has 1 aromatic carbocycles. The minimum atomic E-state index is -3.48. The van der Waals surface area contributed by atoms with Crippen molar-refractivity contribution in [3.8, 4) is 0 Å². The van der Waals surface area contributed by atoms with E-state index in [0.29, 0.717) is 13.0 Å². The molecule has 1 heterocycles. The molecule has 0 aliphatic carbocycles. The van der Waals surface area contributed by atoms with Crippen molar-refractivity contribution in [1.29, 1.82) is 0 Å². The van der Waals surface area contributed by atoms with Crippen LogP contribution in [0.4, 0.5) is 0 Å². The number of β-amino-alcohol motifs (C(OH)–C–C–N with tert-alkyl or cyclic N) is 1. The molecule has 1 aliphatic heterocycles. The Kier molecular flexibility index (Phi) is 4.49. The summed E-state index contributed by atoms with van der Waals surface area (Å²) in [5.74, 6) is 0. The summed E-state index contributed by atoms with van der Waals surface area (Å²) in [6.07, 6.45) is 1.49. The van der Waals surface area contributed by atoms with Gasteiger partial charge >= 0.3 is 0 Å². The summed E-state index contributed by atoms with van der Waals surface area (Å²) in [6.45, 7) is 2.72. The van der Waals surface area contributed by atoms with E-state index in [1.807, 2.05) is 37.3 Å². The smallest absolute Gasteiger partial charge is 0.282 e. The summed E-state index contributed by atoms with van der Waals surface area (Å²) in [7, 11) is -1.91. The molecule has 2 rings (SSSR count). The topological polar surface area (TPSA) is 60.9 Å². The Bertz CT molecular complexity index is 539. The van der Waals surface area contributed by atoms with Crippen LogP contribution in [0, 0.1) is 0 Å². The first-order chi connectivity index (χ1) is 9.37. The van der Waals surface area contributed by atoms with Gasteiger partial charge in [0.05, 0.1) is 5.60 Å². The van der Waals surface area contributed by atoms with Crippen LogP contribution in [0.25, 0.3) is 0 Å². The Morgan fingerprint density at radius 2 is 1.90 bits per heavy atom. The van der Waals surface area contributed by atoms with E-state index in [1.54, 1.807) is 7.05 Å². The maximum absolute atomic E-state index is 12.3. The van der Waals surface area contributed by atoms with Gasteiger partial charge in [-0.2, -0.15) is 17.0 Å². The van der Waals surface area contributed by atoms with Crippen molar-refractivity contribution in [1.82, 2.24) is 8.61 Å². The molecule has 6 heteroatoms. The van der Waals surface area contributed by atoms with Gasteiger partial charge in [0, 0.05) is 26.7 Å². The van der Waals surface area contributed by atoms with Crippen LogP contribution in [0.5, 0.6) is 0 Å². The van der Waals surface area contributed by atoms with Crippen LogP contribution in [0.2, 0.25) is 0 Å². The largest absolute Gasteiger partial charge is 0.387 e. The molecule has 1 N–H and O–H groups in total. The van der Waals surface area contributed by atoms with Gasteiger partial charge in [0.1, 0.15) is 0 Å². The van der Waals surface area contributed by atoms with Crippen molar-refractivity contribution >= 4 is 10.2 Å². The van der Waals surface area contributed by atoms with Crippen LogP contribution >= 0.6 is 0 Å². The van der Waals surface area contributed by atoms with Crippen molar-refractivity contribution in [3.05, 3.63) is 35.9 Å². The van der Waals surface area contributed by atoms with Crippen LogP contribution < -0.4 is 0 Å². The molecule has 0 spiro atoms. The van der Waals surface area contributed by atoms with Gasteiger partial charge in [-0.15, -0.1) is 0 Å². The van der Waals surface area contributed by atoms with E-state index in [1.165, 1.54) is 8.61 Å². The van der Waals surface area contributed by atoms with Gasteiger partial charge in [-0.1, -0.05) is 43.7 Å². The first-order valence-corrected chi connectivity index (χ1v) is 8.25. The number of benzene rings is 1. The van der Waals surface area contributed by atoms with E-state index in [-0.39, 0.29) is 13.1 Å². The lowest BCUT2D eigenvalue weighted by Gasteiger charge is -2.46. The fourth-order valence-electron chi connectivity index (χ4n) is 2.52. The molecule has 0 aromatic heterocycles. The van der Waals surface area contributed by atoms with Crippen molar-refractivity contribution < 1.29 is 13.5 Å². The lowest BCUT2D eigenvalue weighted by molar-refractivity contribution is -0.0672. The first-order valence-electron chi connectivity index (χ1n) is 6.85. The lowest BCUT2D eigenvalue weighted by atomic mass is 9.92. The van der Waals surface area contributed by atoms with Crippen molar-refractivity contribution in [2.45, 2.75) is 31.9 Å². The molecule has 1 aliphatic rings. The highest BCUT2D eigenvalue weighted by Gasteiger charge is 2.47. The van der Waals surface area contributed by atoms with Crippen LogP contribution in [0.15, 0.2) is 30.3 Å². The van der Waals surface area contributed by atoms with Crippen LogP contribution in [-0.2, 0) is 16.8 Å². The Hall–Kier alpha value is -0.950. The Morgan fingerprint density at radius 1 is 1.30 bits per heavy atom. The fourth-order valence-corrected chi connectivity index (χ4v) is 4.03. The minimum Gasteiger partial charge on any atom is -0.387 e. The first kappa shape index (κ1) is 15.4. The summed E-state index contributed by atoms with van der Waals surface area (Å²) in [6, 6.07) is 9.47. The standard InChI is InChI=1S/C14H22N2O3S/c1-3-9-14(17)11-16(12-14)20(18,19)15(2)10-13-7-5-4-6-8-13/h4-8,17H,3,9-12H2,1-2H3. The van der Waals surface area contributed by atoms with E-state index < -0.39 is 15.8 Å². The quantitative estimate of drug-likeness (QED) is 0.859. The van der Waals surface area contributed by atoms with Gasteiger partial charge in [0.25, 0.3) is 10.2 Å². The Balaban J connectivity index is 1.98. The predicted molar refractivity (Wildman–Crippen MR) is 78.3 cm³/mol. The number of hydrogen-bond acceptors (Lipinski definition) is 3. The van der Waals surface area contributed by atoms with E-state index >= 15 is 0 Å². The molecular formula is C14H22N2O3S. The third-order valence-corrected chi connectivity index (χ3v) is 5.45. The van der Waals surface area contributed by atoms with E-state index in [4.69, 9.17) is 0 Å². The second-order valence-electron chi connectivity index (χ2n) is 5.49. The second kappa shape index (κ2) is 5.81. The van der Waals surface area contributed by atoms with Gasteiger partial charge in [0.2, 0.25) is 0 Å². The molecule has 0 amide bonds. The summed E-state index contributed by atoms with van der Waals surface area (Å²) >= 11 is 0. The predicted octanol–water partition coefficient (Wildman–Crippen LogP) is 1.21. The van der Waals surface area contributed by atoms with E-state index in [9.17, 15) is 13.5 Å². The summed E-state index contributed by atoms with van der Waals surface area (Å²) in [5.41, 5.74) is 0.109. The highest BCUT2D eigenvalue weighted by molar-refractivity contribution is 7.86. The molecule has 0 atom stereocenters. The van der Waals surface area contributed by atoms with Crippen molar-refractivity contribution in [3.63, 3.8) is 0 Å². The number of hydrogen-bond donors (Lipinski definition) is 1. The van der Waals surface area contributed by atoms with Crippen LogP contribution in [0.3, 0.4) is 0 Å². The molecule has 0 bridgehead atoms. The molecule has 1 aromatic rings.